The van der Waals surface area contributed by atoms with Crippen molar-refractivity contribution in [3.8, 4) is 11.5 Å². The van der Waals surface area contributed by atoms with Gasteiger partial charge in [-0.3, -0.25) is 0 Å². The van der Waals surface area contributed by atoms with Crippen LogP contribution in [0.25, 0.3) is 0 Å². The summed E-state index contributed by atoms with van der Waals surface area (Å²) in [6.07, 6.45) is 0. The Morgan fingerprint density at radius 2 is 1.70 bits per heavy atom. The van der Waals surface area contributed by atoms with Crippen LogP contribution in [-0.4, -0.2) is 13.2 Å². The highest BCUT2D eigenvalue weighted by Gasteiger charge is 2.18. The Bertz CT molecular complexity index is 644. The first-order valence-electron chi connectivity index (χ1n) is 8.06. The molecule has 0 spiro atoms. The molecule has 124 valence electrons. The Balaban J connectivity index is 1.95. The molecule has 0 aliphatic carbocycles. The summed E-state index contributed by atoms with van der Waals surface area (Å²) in [4.78, 5) is 0. The average Bonchev–Trinajstić information content (AvgIpc) is 2.50. The summed E-state index contributed by atoms with van der Waals surface area (Å²) < 4.78 is 11.7. The van der Waals surface area contributed by atoms with E-state index in [-0.39, 0.29) is 5.41 Å². The minimum absolute atomic E-state index is 0.0549. The van der Waals surface area contributed by atoms with Gasteiger partial charge in [0.05, 0.1) is 0 Å². The van der Waals surface area contributed by atoms with Gasteiger partial charge in [-0.2, -0.15) is 0 Å². The van der Waals surface area contributed by atoms with Crippen molar-refractivity contribution in [2.75, 3.05) is 13.2 Å². The standard InChI is InChI=1S/C20H27NO2/c1-15-8-9-18(20(2,3)4)19(12-15)23-11-10-22-17-7-5-6-16(13-17)14-21/h5-9,12-13H,10-11,14,21H2,1-4H3. The highest BCUT2D eigenvalue weighted by Crippen LogP contribution is 2.32. The van der Waals surface area contributed by atoms with Crippen molar-refractivity contribution in [1.29, 1.82) is 0 Å². The third kappa shape index (κ3) is 5.00. The number of benzene rings is 2. The third-order valence-electron chi connectivity index (χ3n) is 3.69. The molecule has 0 aliphatic heterocycles. The van der Waals surface area contributed by atoms with Crippen molar-refractivity contribution >= 4 is 0 Å². The minimum Gasteiger partial charge on any atom is -0.490 e. The van der Waals surface area contributed by atoms with Crippen molar-refractivity contribution in [2.45, 2.75) is 39.7 Å². The summed E-state index contributed by atoms with van der Waals surface area (Å²) in [6, 6.07) is 14.2. The molecule has 0 atom stereocenters. The fourth-order valence-electron chi connectivity index (χ4n) is 2.44. The summed E-state index contributed by atoms with van der Waals surface area (Å²) in [5.41, 5.74) is 9.18. The van der Waals surface area contributed by atoms with Crippen molar-refractivity contribution in [1.82, 2.24) is 0 Å². The molecule has 0 fully saturated rings. The second-order valence-electron chi connectivity index (χ2n) is 6.80. The Kier molecular flexibility index (Phi) is 5.67. The Hall–Kier alpha value is -2.00. The average molecular weight is 313 g/mol. The first kappa shape index (κ1) is 17.4. The SMILES string of the molecule is Cc1ccc(C(C)(C)C)c(OCCOc2cccc(CN)c2)c1. The molecule has 0 heterocycles. The molecule has 0 radical (unpaired) electrons. The van der Waals surface area contributed by atoms with E-state index in [1.165, 1.54) is 11.1 Å². The first-order valence-corrected chi connectivity index (χ1v) is 8.06. The molecule has 2 aromatic carbocycles. The van der Waals surface area contributed by atoms with Crippen molar-refractivity contribution in [2.24, 2.45) is 5.73 Å². The van der Waals surface area contributed by atoms with Crippen molar-refractivity contribution in [3.05, 3.63) is 59.2 Å². The van der Waals surface area contributed by atoms with Crippen LogP contribution in [0, 0.1) is 6.92 Å². The molecule has 0 saturated carbocycles. The van der Waals surface area contributed by atoms with Gasteiger partial charge in [-0.15, -0.1) is 0 Å². The van der Waals surface area contributed by atoms with Crippen LogP contribution in [0.3, 0.4) is 0 Å². The highest BCUT2D eigenvalue weighted by atomic mass is 16.5. The molecule has 0 aromatic heterocycles. The third-order valence-corrected chi connectivity index (χ3v) is 3.69. The predicted molar refractivity (Wildman–Crippen MR) is 95.2 cm³/mol. The number of hydrogen-bond donors (Lipinski definition) is 1. The van der Waals surface area contributed by atoms with Gasteiger partial charge in [0.2, 0.25) is 0 Å². The smallest absolute Gasteiger partial charge is 0.123 e. The highest BCUT2D eigenvalue weighted by molar-refractivity contribution is 5.41. The van der Waals surface area contributed by atoms with Gasteiger partial charge in [-0.05, 0) is 47.2 Å². The second kappa shape index (κ2) is 7.51. The summed E-state index contributed by atoms with van der Waals surface area (Å²) in [7, 11) is 0. The zero-order chi connectivity index (χ0) is 16.9. The van der Waals surface area contributed by atoms with Crippen LogP contribution in [0.5, 0.6) is 11.5 Å². The van der Waals surface area contributed by atoms with E-state index in [9.17, 15) is 0 Å². The first-order chi connectivity index (χ1) is 10.9. The number of aryl methyl sites for hydroxylation is 1. The van der Waals surface area contributed by atoms with Crippen LogP contribution in [0.4, 0.5) is 0 Å². The molecular formula is C20H27NO2. The van der Waals surface area contributed by atoms with E-state index in [1.807, 2.05) is 24.3 Å². The van der Waals surface area contributed by atoms with E-state index in [1.54, 1.807) is 0 Å². The van der Waals surface area contributed by atoms with Gasteiger partial charge in [-0.25, -0.2) is 0 Å². The second-order valence-corrected chi connectivity index (χ2v) is 6.80. The summed E-state index contributed by atoms with van der Waals surface area (Å²) in [5, 5.41) is 0. The quantitative estimate of drug-likeness (QED) is 0.813. The predicted octanol–water partition coefficient (Wildman–Crippen LogP) is 4.21. The number of rotatable bonds is 6. The largest absolute Gasteiger partial charge is 0.490 e. The zero-order valence-corrected chi connectivity index (χ0v) is 14.6. The maximum atomic E-state index is 5.97. The molecule has 0 unspecified atom stereocenters. The van der Waals surface area contributed by atoms with E-state index >= 15 is 0 Å². The number of hydrogen-bond acceptors (Lipinski definition) is 3. The van der Waals surface area contributed by atoms with E-state index < -0.39 is 0 Å². The molecule has 2 rings (SSSR count). The Morgan fingerprint density at radius 3 is 2.39 bits per heavy atom. The molecule has 3 nitrogen and oxygen atoms in total. The van der Waals surface area contributed by atoms with E-state index in [4.69, 9.17) is 15.2 Å². The Labute approximate surface area is 139 Å². The Morgan fingerprint density at radius 1 is 0.957 bits per heavy atom. The number of nitrogens with two attached hydrogens (primary N) is 1. The van der Waals surface area contributed by atoms with Crippen molar-refractivity contribution in [3.63, 3.8) is 0 Å². The summed E-state index contributed by atoms with van der Waals surface area (Å²) in [6.45, 7) is 10.2. The molecule has 2 N–H and O–H groups in total. The van der Waals surface area contributed by atoms with E-state index in [0.717, 1.165) is 17.1 Å². The fourth-order valence-corrected chi connectivity index (χ4v) is 2.44. The summed E-state index contributed by atoms with van der Waals surface area (Å²) in [5.74, 6) is 1.77. The lowest BCUT2D eigenvalue weighted by molar-refractivity contribution is 0.214. The molecule has 0 saturated heterocycles. The minimum atomic E-state index is 0.0549. The van der Waals surface area contributed by atoms with Gasteiger partial charge in [0, 0.05) is 6.54 Å². The molecule has 0 aliphatic rings. The maximum absolute atomic E-state index is 5.97. The van der Waals surface area contributed by atoms with E-state index in [2.05, 4.69) is 45.9 Å². The molecular weight excluding hydrogens is 286 g/mol. The lowest BCUT2D eigenvalue weighted by Crippen LogP contribution is -2.16. The molecule has 23 heavy (non-hydrogen) atoms. The van der Waals surface area contributed by atoms with Crippen LogP contribution < -0.4 is 15.2 Å². The lowest BCUT2D eigenvalue weighted by Gasteiger charge is -2.23. The molecule has 2 aromatic rings. The lowest BCUT2D eigenvalue weighted by atomic mass is 9.86. The molecule has 3 heteroatoms. The molecule has 0 bridgehead atoms. The summed E-state index contributed by atoms with van der Waals surface area (Å²) >= 11 is 0. The van der Waals surface area contributed by atoms with Crippen LogP contribution >= 0.6 is 0 Å². The van der Waals surface area contributed by atoms with Gasteiger partial charge >= 0.3 is 0 Å². The van der Waals surface area contributed by atoms with Crippen LogP contribution in [0.2, 0.25) is 0 Å². The van der Waals surface area contributed by atoms with Gasteiger partial charge in [0.25, 0.3) is 0 Å². The fraction of sp³-hybridized carbons (Fsp3) is 0.400. The molecule has 0 amide bonds. The monoisotopic (exact) mass is 313 g/mol. The normalized spacial score (nSPS) is 11.3. The van der Waals surface area contributed by atoms with Gasteiger partial charge < -0.3 is 15.2 Å². The zero-order valence-electron chi connectivity index (χ0n) is 14.6. The van der Waals surface area contributed by atoms with Crippen molar-refractivity contribution < 1.29 is 9.47 Å². The number of ether oxygens (including phenoxy) is 2. The van der Waals surface area contributed by atoms with Crippen LogP contribution in [0.1, 0.15) is 37.5 Å². The van der Waals surface area contributed by atoms with E-state index in [0.29, 0.717) is 19.8 Å². The topological polar surface area (TPSA) is 44.5 Å². The van der Waals surface area contributed by atoms with Gasteiger partial charge in [0.1, 0.15) is 24.7 Å². The maximum Gasteiger partial charge on any atom is 0.123 e. The van der Waals surface area contributed by atoms with Crippen LogP contribution in [-0.2, 0) is 12.0 Å². The van der Waals surface area contributed by atoms with Gasteiger partial charge in [0.15, 0.2) is 0 Å². The van der Waals surface area contributed by atoms with Crippen LogP contribution in [0.15, 0.2) is 42.5 Å². The van der Waals surface area contributed by atoms with Gasteiger partial charge in [-0.1, -0.05) is 45.0 Å².